The first-order valence-corrected chi connectivity index (χ1v) is 8.09. The minimum absolute atomic E-state index is 0.00631. The van der Waals surface area contributed by atoms with Crippen molar-refractivity contribution >= 4 is 27.9 Å². The van der Waals surface area contributed by atoms with Gasteiger partial charge in [0.2, 0.25) is 0 Å². The number of nitrogen functional groups attached to an aromatic ring is 1. The Morgan fingerprint density at radius 2 is 2.15 bits per heavy atom. The number of rotatable bonds is 3. The highest BCUT2D eigenvalue weighted by Gasteiger charge is 2.26. The third-order valence-electron chi connectivity index (χ3n) is 3.90. The quantitative estimate of drug-likeness (QED) is 0.884. The van der Waals surface area contributed by atoms with E-state index >= 15 is 0 Å². The van der Waals surface area contributed by atoms with Gasteiger partial charge >= 0.3 is 0 Å². The lowest BCUT2D eigenvalue weighted by molar-refractivity contribution is 0.0956. The lowest BCUT2D eigenvalue weighted by atomic mass is 10.3. The van der Waals surface area contributed by atoms with E-state index in [-0.39, 0.29) is 5.91 Å². The summed E-state index contributed by atoms with van der Waals surface area (Å²) in [5, 5.41) is 4.14. The van der Waals surface area contributed by atoms with E-state index in [0.717, 1.165) is 50.4 Å². The van der Waals surface area contributed by atoms with E-state index in [1.807, 2.05) is 6.07 Å². The van der Waals surface area contributed by atoms with Crippen LogP contribution < -0.4 is 16.0 Å². The maximum atomic E-state index is 12.1. The Morgan fingerprint density at radius 3 is 2.90 bits per heavy atom. The van der Waals surface area contributed by atoms with Crippen LogP contribution in [0.25, 0.3) is 0 Å². The van der Waals surface area contributed by atoms with Gasteiger partial charge in [-0.1, -0.05) is 0 Å². The fraction of sp³-hybridized carbons (Fsp3) is 0.643. The first-order chi connectivity index (χ1) is 9.63. The molecule has 3 rings (SSSR count). The van der Waals surface area contributed by atoms with Crippen molar-refractivity contribution in [3.8, 4) is 0 Å². The normalized spacial score (nSPS) is 20.8. The number of carbonyl (C=O) groups excluding carboxylic acids is 1. The van der Waals surface area contributed by atoms with Gasteiger partial charge in [0.05, 0.1) is 10.7 Å². The van der Waals surface area contributed by atoms with Gasteiger partial charge in [-0.15, -0.1) is 11.3 Å². The second-order valence-electron chi connectivity index (χ2n) is 5.76. The van der Waals surface area contributed by atoms with E-state index in [1.54, 1.807) is 0 Å². The molecule has 5 nitrogen and oxygen atoms in total. The Morgan fingerprint density at radius 1 is 1.35 bits per heavy atom. The number of nitrogens with zero attached hydrogens (tertiary/aromatic N) is 2. The number of likely N-dealkylation sites (N-methyl/N-ethyl adjacent to an activating group) is 1. The van der Waals surface area contributed by atoms with Gasteiger partial charge in [-0.2, -0.15) is 0 Å². The molecule has 1 aliphatic carbocycles. The fourth-order valence-electron chi connectivity index (χ4n) is 2.47. The van der Waals surface area contributed by atoms with Gasteiger partial charge in [0, 0.05) is 25.7 Å². The molecular weight excluding hydrogens is 272 g/mol. The average Bonchev–Trinajstić information content (AvgIpc) is 3.17. The molecule has 3 N–H and O–H groups in total. The average molecular weight is 294 g/mol. The summed E-state index contributed by atoms with van der Waals surface area (Å²) < 4.78 is 0. The molecular formula is C14H22N4OS. The largest absolute Gasteiger partial charge is 0.397 e. The van der Waals surface area contributed by atoms with E-state index in [0.29, 0.717) is 16.6 Å². The molecule has 110 valence electrons. The molecule has 1 aliphatic heterocycles. The highest BCUT2D eigenvalue weighted by atomic mass is 32.1. The van der Waals surface area contributed by atoms with Crippen LogP contribution in [0.4, 0.5) is 10.7 Å². The van der Waals surface area contributed by atoms with Gasteiger partial charge in [0.15, 0.2) is 0 Å². The number of hydrogen-bond acceptors (Lipinski definition) is 5. The molecule has 0 aromatic carbocycles. The number of anilines is 2. The fourth-order valence-corrected chi connectivity index (χ4v) is 3.51. The SMILES string of the molecule is CN1CCCN(c2cc(N)c(C(=O)NC3CC3)s2)CC1. The Bertz CT molecular complexity index is 497. The molecule has 2 aliphatic rings. The van der Waals surface area contributed by atoms with Crippen molar-refractivity contribution in [1.29, 1.82) is 0 Å². The maximum Gasteiger partial charge on any atom is 0.263 e. The molecule has 0 spiro atoms. The summed E-state index contributed by atoms with van der Waals surface area (Å²) in [4.78, 5) is 17.5. The van der Waals surface area contributed by atoms with E-state index in [1.165, 1.54) is 11.3 Å². The van der Waals surface area contributed by atoms with Gasteiger partial charge in [-0.3, -0.25) is 4.79 Å². The van der Waals surface area contributed by atoms with E-state index in [9.17, 15) is 4.79 Å². The van der Waals surface area contributed by atoms with Gasteiger partial charge in [0.25, 0.3) is 5.91 Å². The smallest absolute Gasteiger partial charge is 0.263 e. The van der Waals surface area contributed by atoms with Gasteiger partial charge in [-0.05, 0) is 38.9 Å². The van der Waals surface area contributed by atoms with Crippen molar-refractivity contribution in [2.45, 2.75) is 25.3 Å². The minimum atomic E-state index is -0.00631. The molecule has 1 aromatic heterocycles. The molecule has 1 amide bonds. The predicted molar refractivity (Wildman–Crippen MR) is 83.5 cm³/mol. The summed E-state index contributed by atoms with van der Waals surface area (Å²) in [5.74, 6) is -0.00631. The molecule has 0 unspecified atom stereocenters. The van der Waals surface area contributed by atoms with Crippen LogP contribution in [-0.4, -0.2) is 50.1 Å². The first-order valence-electron chi connectivity index (χ1n) is 7.27. The van der Waals surface area contributed by atoms with E-state index < -0.39 is 0 Å². The Kier molecular flexibility index (Phi) is 3.85. The number of hydrogen-bond donors (Lipinski definition) is 2. The maximum absolute atomic E-state index is 12.1. The van der Waals surface area contributed by atoms with E-state index in [2.05, 4.69) is 22.2 Å². The zero-order valence-electron chi connectivity index (χ0n) is 11.9. The van der Waals surface area contributed by atoms with Crippen LogP contribution >= 0.6 is 11.3 Å². The Labute approximate surface area is 123 Å². The summed E-state index contributed by atoms with van der Waals surface area (Å²) in [6.45, 7) is 4.22. The number of amides is 1. The van der Waals surface area contributed by atoms with E-state index in [4.69, 9.17) is 5.73 Å². The van der Waals surface area contributed by atoms with Crippen molar-refractivity contribution in [3.05, 3.63) is 10.9 Å². The predicted octanol–water partition coefficient (Wildman–Crippen LogP) is 1.36. The zero-order valence-corrected chi connectivity index (χ0v) is 12.7. The second kappa shape index (κ2) is 5.61. The first kappa shape index (κ1) is 13.7. The number of thiophene rings is 1. The topological polar surface area (TPSA) is 61.6 Å². The zero-order chi connectivity index (χ0) is 14.1. The molecule has 0 bridgehead atoms. The van der Waals surface area contributed by atoms with Crippen LogP contribution in [0.5, 0.6) is 0 Å². The highest BCUT2D eigenvalue weighted by molar-refractivity contribution is 7.18. The van der Waals surface area contributed by atoms with Crippen molar-refractivity contribution in [2.24, 2.45) is 0 Å². The molecule has 1 saturated carbocycles. The van der Waals surface area contributed by atoms with Crippen LogP contribution in [-0.2, 0) is 0 Å². The standard InChI is InChI=1S/C14H22N4OS/c1-17-5-2-6-18(8-7-17)12-9-11(15)13(20-12)14(19)16-10-3-4-10/h9-10H,2-8,15H2,1H3,(H,16,19). The lowest BCUT2D eigenvalue weighted by Crippen LogP contribution is -2.28. The second-order valence-corrected chi connectivity index (χ2v) is 6.79. The highest BCUT2D eigenvalue weighted by Crippen LogP contribution is 2.33. The van der Waals surface area contributed by atoms with Crippen molar-refractivity contribution in [1.82, 2.24) is 10.2 Å². The number of carbonyl (C=O) groups is 1. The summed E-state index contributed by atoms with van der Waals surface area (Å²) in [6.07, 6.45) is 3.35. The third-order valence-corrected chi connectivity index (χ3v) is 5.11. The van der Waals surface area contributed by atoms with Crippen LogP contribution in [0.3, 0.4) is 0 Å². The molecule has 2 fully saturated rings. The third kappa shape index (κ3) is 3.07. The number of nitrogens with two attached hydrogens (primary N) is 1. The van der Waals surface area contributed by atoms with Crippen LogP contribution in [0.15, 0.2) is 6.07 Å². The molecule has 1 saturated heterocycles. The van der Waals surface area contributed by atoms with Gasteiger partial charge in [-0.25, -0.2) is 0 Å². The van der Waals surface area contributed by atoms with Crippen molar-refractivity contribution < 1.29 is 4.79 Å². The monoisotopic (exact) mass is 294 g/mol. The van der Waals surface area contributed by atoms with Crippen LogP contribution in [0.2, 0.25) is 0 Å². The van der Waals surface area contributed by atoms with Crippen molar-refractivity contribution in [2.75, 3.05) is 43.9 Å². The molecule has 2 heterocycles. The van der Waals surface area contributed by atoms with Gasteiger partial charge in [0.1, 0.15) is 4.88 Å². The van der Waals surface area contributed by atoms with Crippen LogP contribution in [0.1, 0.15) is 28.9 Å². The number of nitrogens with one attached hydrogen (secondary N) is 1. The Balaban J connectivity index is 1.71. The molecule has 6 heteroatoms. The molecule has 20 heavy (non-hydrogen) atoms. The molecule has 1 aromatic rings. The molecule has 0 atom stereocenters. The minimum Gasteiger partial charge on any atom is -0.397 e. The Hall–Kier alpha value is -1.27. The lowest BCUT2D eigenvalue weighted by Gasteiger charge is -2.20. The van der Waals surface area contributed by atoms with Gasteiger partial charge < -0.3 is 20.9 Å². The summed E-state index contributed by atoms with van der Waals surface area (Å²) in [7, 11) is 2.15. The summed E-state index contributed by atoms with van der Waals surface area (Å²) >= 11 is 1.52. The summed E-state index contributed by atoms with van der Waals surface area (Å²) in [5.41, 5.74) is 6.64. The van der Waals surface area contributed by atoms with Crippen molar-refractivity contribution in [3.63, 3.8) is 0 Å². The summed E-state index contributed by atoms with van der Waals surface area (Å²) in [6, 6.07) is 2.33. The molecule has 0 radical (unpaired) electrons. The van der Waals surface area contributed by atoms with Crippen LogP contribution in [0, 0.1) is 0 Å².